The Morgan fingerprint density at radius 2 is 1.88 bits per heavy atom. The fourth-order valence-corrected chi connectivity index (χ4v) is 1.87. The molecule has 0 aromatic heterocycles. The Morgan fingerprint density at radius 3 is 2.38 bits per heavy atom. The summed E-state index contributed by atoms with van der Waals surface area (Å²) in [5, 5.41) is 0. The molecule has 0 amide bonds. The molecule has 1 heterocycles. The molecule has 0 N–H and O–H groups in total. The fraction of sp³-hybridized carbons (Fsp3) is 0.750. The molecule has 4 heteroatoms. The number of hydrogen-bond donors (Lipinski definition) is 0. The van der Waals surface area contributed by atoms with Crippen LogP contribution in [0.15, 0.2) is 17.1 Å². The van der Waals surface area contributed by atoms with Gasteiger partial charge in [0.25, 0.3) is 0 Å². The summed E-state index contributed by atoms with van der Waals surface area (Å²) in [4.78, 5) is 11.2. The maximum Gasteiger partial charge on any atom is 0.195 e. The monoisotopic (exact) mass is 224 g/mol. The predicted octanol–water partition coefficient (Wildman–Crippen LogP) is 0.728. The van der Waals surface area contributed by atoms with Gasteiger partial charge in [-0.1, -0.05) is 12.2 Å². The maximum atomic E-state index is 4.62. The Hall–Kier alpha value is -1.03. The van der Waals surface area contributed by atoms with Crippen molar-refractivity contribution in [1.82, 2.24) is 14.7 Å². The largest absolute Gasteiger partial charge is 0.349 e. The normalized spacial score (nSPS) is 16.0. The van der Waals surface area contributed by atoms with Crippen LogP contribution in [0.25, 0.3) is 0 Å². The number of nitrogens with zero attached hydrogens (tertiary/aromatic N) is 4. The van der Waals surface area contributed by atoms with E-state index in [9.17, 15) is 0 Å². The van der Waals surface area contributed by atoms with Crippen LogP contribution in [0.4, 0.5) is 0 Å². The molecule has 1 aliphatic rings. The minimum absolute atomic E-state index is 0.875. The van der Waals surface area contributed by atoms with Crippen molar-refractivity contribution in [3.05, 3.63) is 12.2 Å². The van der Waals surface area contributed by atoms with Crippen molar-refractivity contribution >= 4 is 5.96 Å². The highest BCUT2D eigenvalue weighted by atomic mass is 15.3. The molecule has 0 saturated carbocycles. The van der Waals surface area contributed by atoms with Crippen LogP contribution in [0.3, 0.4) is 0 Å². The Bertz CT molecular complexity index is 246. The van der Waals surface area contributed by atoms with Gasteiger partial charge in [0, 0.05) is 47.8 Å². The minimum atomic E-state index is 0.875. The Kier molecular flexibility index (Phi) is 5.32. The molecule has 0 atom stereocenters. The predicted molar refractivity (Wildman–Crippen MR) is 69.9 cm³/mol. The van der Waals surface area contributed by atoms with E-state index in [0.29, 0.717) is 0 Å². The van der Waals surface area contributed by atoms with Crippen LogP contribution in [0.2, 0.25) is 0 Å². The molecule has 0 spiro atoms. The zero-order valence-corrected chi connectivity index (χ0v) is 11.0. The van der Waals surface area contributed by atoms with Gasteiger partial charge in [0.15, 0.2) is 5.96 Å². The van der Waals surface area contributed by atoms with E-state index in [2.05, 4.69) is 31.8 Å². The van der Waals surface area contributed by atoms with E-state index in [1.54, 1.807) is 0 Å². The quantitative estimate of drug-likeness (QED) is 0.401. The molecule has 0 bridgehead atoms. The average molecular weight is 224 g/mol. The van der Waals surface area contributed by atoms with E-state index in [4.69, 9.17) is 0 Å². The number of aliphatic imine (C=N–C) groups is 1. The van der Waals surface area contributed by atoms with E-state index in [1.165, 1.54) is 13.0 Å². The summed E-state index contributed by atoms with van der Waals surface area (Å²) < 4.78 is 0. The zero-order chi connectivity index (χ0) is 12.0. The van der Waals surface area contributed by atoms with Crippen molar-refractivity contribution in [1.29, 1.82) is 0 Å². The van der Waals surface area contributed by atoms with Crippen LogP contribution >= 0.6 is 0 Å². The lowest BCUT2D eigenvalue weighted by Gasteiger charge is -2.25. The molecule has 0 radical (unpaired) electrons. The van der Waals surface area contributed by atoms with Crippen LogP contribution in [0.1, 0.15) is 6.42 Å². The molecule has 0 unspecified atom stereocenters. The third-order valence-electron chi connectivity index (χ3n) is 2.61. The van der Waals surface area contributed by atoms with Crippen molar-refractivity contribution in [2.75, 3.05) is 54.4 Å². The van der Waals surface area contributed by atoms with Crippen molar-refractivity contribution in [3.8, 4) is 0 Å². The second-order valence-electron chi connectivity index (χ2n) is 4.53. The Balaban J connectivity index is 2.36. The molecule has 0 aromatic carbocycles. The highest BCUT2D eigenvalue weighted by Crippen LogP contribution is 2.00. The molecular weight excluding hydrogens is 200 g/mol. The zero-order valence-electron chi connectivity index (χ0n) is 11.0. The van der Waals surface area contributed by atoms with Gasteiger partial charge < -0.3 is 9.80 Å². The number of guanidine groups is 1. The first kappa shape index (κ1) is 13.0. The van der Waals surface area contributed by atoms with Gasteiger partial charge in [-0.15, -0.1) is 0 Å². The van der Waals surface area contributed by atoms with Crippen LogP contribution in [-0.4, -0.2) is 75.0 Å². The SMILES string of the molecule is CN(C)C(=NCCN1CC=CCC1)N(C)C. The van der Waals surface area contributed by atoms with Gasteiger partial charge in [0.2, 0.25) is 0 Å². The smallest absolute Gasteiger partial charge is 0.195 e. The third kappa shape index (κ3) is 4.23. The lowest BCUT2D eigenvalue weighted by Crippen LogP contribution is -2.36. The summed E-state index contributed by atoms with van der Waals surface area (Å²) in [6.45, 7) is 4.18. The van der Waals surface area contributed by atoms with Crippen LogP contribution < -0.4 is 0 Å². The molecule has 0 fully saturated rings. The van der Waals surface area contributed by atoms with E-state index in [0.717, 1.165) is 25.6 Å². The summed E-state index contributed by atoms with van der Waals surface area (Å²) in [7, 11) is 8.12. The molecule has 0 aliphatic carbocycles. The second kappa shape index (κ2) is 6.53. The summed E-state index contributed by atoms with van der Waals surface area (Å²) in [5.74, 6) is 1.03. The lowest BCUT2D eigenvalue weighted by molar-refractivity contribution is 0.306. The molecule has 0 aromatic rings. The highest BCUT2D eigenvalue weighted by molar-refractivity contribution is 5.79. The highest BCUT2D eigenvalue weighted by Gasteiger charge is 2.06. The molecule has 92 valence electrons. The van der Waals surface area contributed by atoms with Crippen molar-refractivity contribution in [2.24, 2.45) is 4.99 Å². The second-order valence-corrected chi connectivity index (χ2v) is 4.53. The summed E-state index contributed by atoms with van der Waals surface area (Å²) in [6.07, 6.45) is 5.68. The molecule has 1 rings (SSSR count). The maximum absolute atomic E-state index is 4.62. The van der Waals surface area contributed by atoms with Crippen LogP contribution in [0, 0.1) is 0 Å². The molecule has 0 saturated heterocycles. The van der Waals surface area contributed by atoms with E-state index >= 15 is 0 Å². The lowest BCUT2D eigenvalue weighted by atomic mass is 10.2. The van der Waals surface area contributed by atoms with Gasteiger partial charge >= 0.3 is 0 Å². The van der Waals surface area contributed by atoms with Gasteiger partial charge in [-0.3, -0.25) is 9.89 Å². The molecule has 4 nitrogen and oxygen atoms in total. The number of rotatable bonds is 3. The summed E-state index contributed by atoms with van der Waals surface area (Å²) in [6, 6.07) is 0. The third-order valence-corrected chi connectivity index (χ3v) is 2.61. The standard InChI is InChI=1S/C12H24N4/c1-14(2)12(15(3)4)13-8-11-16-9-6-5-7-10-16/h5-6H,7-11H2,1-4H3. The van der Waals surface area contributed by atoms with Gasteiger partial charge in [0.05, 0.1) is 6.54 Å². The fourth-order valence-electron chi connectivity index (χ4n) is 1.87. The Morgan fingerprint density at radius 1 is 1.19 bits per heavy atom. The van der Waals surface area contributed by atoms with Gasteiger partial charge in [-0.25, -0.2) is 0 Å². The van der Waals surface area contributed by atoms with Gasteiger partial charge in [0.1, 0.15) is 0 Å². The first-order valence-corrected chi connectivity index (χ1v) is 5.87. The average Bonchev–Trinajstić information content (AvgIpc) is 2.24. The Labute approximate surface area is 99.2 Å². The molecule has 1 aliphatic heterocycles. The first-order valence-electron chi connectivity index (χ1n) is 5.87. The summed E-state index contributed by atoms with van der Waals surface area (Å²) in [5.41, 5.74) is 0. The number of hydrogen-bond acceptors (Lipinski definition) is 2. The summed E-state index contributed by atoms with van der Waals surface area (Å²) >= 11 is 0. The van der Waals surface area contributed by atoms with Crippen LogP contribution in [0.5, 0.6) is 0 Å². The van der Waals surface area contributed by atoms with E-state index in [-0.39, 0.29) is 0 Å². The minimum Gasteiger partial charge on any atom is -0.349 e. The van der Waals surface area contributed by atoms with E-state index < -0.39 is 0 Å². The van der Waals surface area contributed by atoms with Crippen molar-refractivity contribution < 1.29 is 0 Å². The molecular formula is C12H24N4. The van der Waals surface area contributed by atoms with Crippen molar-refractivity contribution in [3.63, 3.8) is 0 Å². The van der Waals surface area contributed by atoms with Crippen LogP contribution in [-0.2, 0) is 0 Å². The first-order chi connectivity index (χ1) is 7.61. The van der Waals surface area contributed by atoms with Crippen molar-refractivity contribution in [2.45, 2.75) is 6.42 Å². The van der Waals surface area contributed by atoms with E-state index in [1.807, 2.05) is 28.2 Å². The van der Waals surface area contributed by atoms with Gasteiger partial charge in [-0.2, -0.15) is 0 Å². The van der Waals surface area contributed by atoms with Gasteiger partial charge in [-0.05, 0) is 6.42 Å². The molecule has 16 heavy (non-hydrogen) atoms. The topological polar surface area (TPSA) is 22.1 Å².